The van der Waals surface area contributed by atoms with Crippen LogP contribution in [-0.2, 0) is 10.0 Å². The van der Waals surface area contributed by atoms with Gasteiger partial charge in [0, 0.05) is 38.8 Å². The summed E-state index contributed by atoms with van der Waals surface area (Å²) < 4.78 is 28.2. The zero-order valence-electron chi connectivity index (χ0n) is 16.6. The minimum Gasteiger partial charge on any atom is -0.365 e. The lowest BCUT2D eigenvalue weighted by molar-refractivity contribution is 0.184. The van der Waals surface area contributed by atoms with E-state index < -0.39 is 10.0 Å². The third-order valence-electron chi connectivity index (χ3n) is 5.16. The van der Waals surface area contributed by atoms with Crippen LogP contribution < -0.4 is 5.32 Å². The second kappa shape index (κ2) is 8.35. The molecule has 0 aliphatic carbocycles. The first kappa shape index (κ1) is 20.2. The van der Waals surface area contributed by atoms with Crippen molar-refractivity contribution in [3.63, 3.8) is 0 Å². The quantitative estimate of drug-likeness (QED) is 0.647. The molecular weight excluding hydrogens is 406 g/mol. The predicted molar refractivity (Wildman–Crippen MR) is 117 cm³/mol. The number of fused-ring (bicyclic) bond motifs is 1. The van der Waals surface area contributed by atoms with E-state index in [0.717, 1.165) is 35.7 Å². The van der Waals surface area contributed by atoms with E-state index >= 15 is 0 Å². The molecule has 0 radical (unpaired) electrons. The van der Waals surface area contributed by atoms with Gasteiger partial charge in [-0.3, -0.25) is 4.90 Å². The number of aromatic nitrogens is 2. The summed E-state index contributed by atoms with van der Waals surface area (Å²) >= 11 is 1.66. The summed E-state index contributed by atoms with van der Waals surface area (Å²) in [6, 6.07) is 8.85. The number of nitrogens with one attached hydrogen (secondary N) is 1. The lowest BCUT2D eigenvalue weighted by Gasteiger charge is -2.35. The van der Waals surface area contributed by atoms with Gasteiger partial charge in [0.15, 0.2) is 0 Å². The van der Waals surface area contributed by atoms with Crippen molar-refractivity contribution in [2.45, 2.75) is 24.8 Å². The second-order valence-electron chi connectivity index (χ2n) is 7.38. The highest BCUT2D eigenvalue weighted by molar-refractivity contribution is 7.89. The Morgan fingerprint density at radius 3 is 2.59 bits per heavy atom. The summed E-state index contributed by atoms with van der Waals surface area (Å²) in [7, 11) is -3.41. The lowest BCUT2D eigenvalue weighted by atomic mass is 10.2. The molecule has 0 spiro atoms. The molecule has 3 heterocycles. The first-order chi connectivity index (χ1) is 13.9. The maximum absolute atomic E-state index is 12.8. The number of nitrogens with zero attached hydrogens (tertiary/aromatic N) is 4. The number of sulfonamides is 1. The summed E-state index contributed by atoms with van der Waals surface area (Å²) in [5.74, 6) is 0.867. The van der Waals surface area contributed by atoms with Gasteiger partial charge in [-0.15, -0.1) is 11.3 Å². The van der Waals surface area contributed by atoms with E-state index in [1.807, 2.05) is 6.07 Å². The number of benzene rings is 1. The van der Waals surface area contributed by atoms with Crippen molar-refractivity contribution in [1.29, 1.82) is 0 Å². The number of piperazine rings is 1. The Hall–Kier alpha value is -2.07. The topological polar surface area (TPSA) is 78.4 Å². The van der Waals surface area contributed by atoms with E-state index in [0.29, 0.717) is 18.0 Å². The smallest absolute Gasteiger partial charge is 0.243 e. The summed E-state index contributed by atoms with van der Waals surface area (Å²) in [5.41, 5.74) is 2.17. The van der Waals surface area contributed by atoms with Gasteiger partial charge in [-0.05, 0) is 36.9 Å². The lowest BCUT2D eigenvalue weighted by Crippen LogP contribution is -2.50. The molecule has 7 nitrogen and oxygen atoms in total. The van der Waals surface area contributed by atoms with Crippen molar-refractivity contribution in [2.24, 2.45) is 0 Å². The summed E-state index contributed by atoms with van der Waals surface area (Å²) in [6.07, 6.45) is 1.60. The van der Waals surface area contributed by atoms with Gasteiger partial charge in [0.25, 0.3) is 0 Å². The molecule has 1 atom stereocenters. The fraction of sp³-hybridized carbons (Fsp3) is 0.400. The third-order valence-corrected chi connectivity index (χ3v) is 8.16. The van der Waals surface area contributed by atoms with Crippen LogP contribution in [0.5, 0.6) is 0 Å². The molecule has 1 N–H and O–H groups in total. The summed E-state index contributed by atoms with van der Waals surface area (Å²) in [6.45, 7) is 7.46. The van der Waals surface area contributed by atoms with Gasteiger partial charge in [-0.25, -0.2) is 18.4 Å². The largest absolute Gasteiger partial charge is 0.365 e. The average Bonchev–Trinajstić information content (AvgIpc) is 3.11. The van der Waals surface area contributed by atoms with E-state index in [4.69, 9.17) is 0 Å². The van der Waals surface area contributed by atoms with Gasteiger partial charge in [0.1, 0.15) is 12.1 Å². The maximum Gasteiger partial charge on any atom is 0.243 e. The molecule has 0 bridgehead atoms. The molecule has 0 unspecified atom stereocenters. The zero-order chi connectivity index (χ0) is 20.4. The molecule has 1 aromatic carbocycles. The van der Waals surface area contributed by atoms with Crippen molar-refractivity contribution in [3.8, 4) is 0 Å². The van der Waals surface area contributed by atoms with Gasteiger partial charge >= 0.3 is 0 Å². The Labute approximate surface area is 175 Å². The number of hydrogen-bond acceptors (Lipinski definition) is 7. The molecule has 1 aliphatic heterocycles. The van der Waals surface area contributed by atoms with Crippen LogP contribution in [0.4, 0.5) is 5.82 Å². The number of thiophene rings is 1. The second-order valence-corrected chi connectivity index (χ2v) is 10.2. The molecular formula is C20H25N5O2S2. The van der Waals surface area contributed by atoms with Crippen LogP contribution in [0.1, 0.15) is 12.5 Å². The van der Waals surface area contributed by atoms with E-state index in [1.54, 1.807) is 46.2 Å². The van der Waals surface area contributed by atoms with E-state index in [2.05, 4.69) is 39.4 Å². The normalized spacial score (nSPS) is 17.4. The zero-order valence-corrected chi connectivity index (χ0v) is 18.2. The highest BCUT2D eigenvalue weighted by Gasteiger charge is 2.28. The molecule has 9 heteroatoms. The fourth-order valence-electron chi connectivity index (χ4n) is 3.63. The van der Waals surface area contributed by atoms with Crippen LogP contribution >= 0.6 is 11.3 Å². The first-order valence-electron chi connectivity index (χ1n) is 9.68. The standard InChI is InChI=1S/C20H25N5O2S2/c1-15-13-28-19-18(15)21-14-22-20(19)23-16(2)12-24-8-10-25(11-9-24)29(26,27)17-6-4-3-5-7-17/h3-7,13-14,16H,8-12H2,1-2H3,(H,21,22,23)/t16-/m0/s1. The van der Waals surface area contributed by atoms with Crippen LogP contribution in [-0.4, -0.2) is 66.4 Å². The highest BCUT2D eigenvalue weighted by atomic mass is 32.2. The van der Waals surface area contributed by atoms with E-state index in [1.165, 1.54) is 5.56 Å². The van der Waals surface area contributed by atoms with Crippen molar-refractivity contribution >= 4 is 37.4 Å². The van der Waals surface area contributed by atoms with Crippen LogP contribution in [0, 0.1) is 6.92 Å². The Morgan fingerprint density at radius 2 is 1.86 bits per heavy atom. The molecule has 154 valence electrons. The molecule has 4 rings (SSSR count). The molecule has 1 saturated heterocycles. The Kier molecular flexibility index (Phi) is 5.82. The molecule has 3 aromatic rings. The third kappa shape index (κ3) is 4.28. The van der Waals surface area contributed by atoms with Gasteiger partial charge in [-0.2, -0.15) is 4.31 Å². The molecule has 0 saturated carbocycles. The average molecular weight is 432 g/mol. The first-order valence-corrected chi connectivity index (χ1v) is 12.0. The minimum atomic E-state index is -3.41. The number of hydrogen-bond donors (Lipinski definition) is 1. The van der Waals surface area contributed by atoms with Crippen molar-refractivity contribution in [3.05, 3.63) is 47.6 Å². The van der Waals surface area contributed by atoms with Crippen LogP contribution in [0.2, 0.25) is 0 Å². The van der Waals surface area contributed by atoms with Gasteiger partial charge in [0.2, 0.25) is 10.0 Å². The summed E-state index contributed by atoms with van der Waals surface area (Å²) in [4.78, 5) is 11.4. The van der Waals surface area contributed by atoms with Gasteiger partial charge < -0.3 is 5.32 Å². The number of rotatable bonds is 6. The number of aryl methyl sites for hydroxylation is 1. The van der Waals surface area contributed by atoms with Gasteiger partial charge in [0.05, 0.1) is 15.1 Å². The van der Waals surface area contributed by atoms with Crippen molar-refractivity contribution in [1.82, 2.24) is 19.2 Å². The Bertz CT molecular complexity index is 1080. The van der Waals surface area contributed by atoms with Crippen LogP contribution in [0.3, 0.4) is 0 Å². The van der Waals surface area contributed by atoms with Crippen molar-refractivity contribution in [2.75, 3.05) is 38.0 Å². The molecule has 1 fully saturated rings. The van der Waals surface area contributed by atoms with Crippen LogP contribution in [0.15, 0.2) is 46.9 Å². The maximum atomic E-state index is 12.8. The monoisotopic (exact) mass is 431 g/mol. The van der Waals surface area contributed by atoms with Crippen molar-refractivity contribution < 1.29 is 8.42 Å². The SMILES string of the molecule is Cc1csc2c(N[C@@H](C)CN3CCN(S(=O)(=O)c4ccccc4)CC3)ncnc12. The Balaban J connectivity index is 1.35. The fourth-order valence-corrected chi connectivity index (χ4v) is 6.03. The molecule has 0 amide bonds. The predicted octanol–water partition coefficient (Wildman–Crippen LogP) is 2.81. The molecule has 1 aliphatic rings. The Morgan fingerprint density at radius 1 is 1.14 bits per heavy atom. The van der Waals surface area contributed by atoms with E-state index in [9.17, 15) is 8.42 Å². The highest BCUT2D eigenvalue weighted by Crippen LogP contribution is 2.28. The van der Waals surface area contributed by atoms with Crippen LogP contribution in [0.25, 0.3) is 10.2 Å². The molecule has 29 heavy (non-hydrogen) atoms. The molecule has 2 aromatic heterocycles. The van der Waals surface area contributed by atoms with E-state index in [-0.39, 0.29) is 6.04 Å². The minimum absolute atomic E-state index is 0.188. The number of anilines is 1. The summed E-state index contributed by atoms with van der Waals surface area (Å²) in [5, 5.41) is 5.60. The van der Waals surface area contributed by atoms with Gasteiger partial charge in [-0.1, -0.05) is 18.2 Å².